The Morgan fingerprint density at radius 2 is 2.20 bits per heavy atom. The topological polar surface area (TPSA) is 106 Å². The van der Waals surface area contributed by atoms with Gasteiger partial charge in [-0.2, -0.15) is 0 Å². The van der Waals surface area contributed by atoms with Gasteiger partial charge in [0.1, 0.15) is 12.3 Å². The van der Waals surface area contributed by atoms with Gasteiger partial charge in [0.15, 0.2) is 0 Å². The lowest BCUT2D eigenvalue weighted by atomic mass is 10.0. The SMILES string of the molecule is CCC1=CN=C(C(N)=O)CN1c1ccccc1CCC1COC(N)=N1. The van der Waals surface area contributed by atoms with E-state index in [1.807, 2.05) is 12.1 Å². The Kier molecular flexibility index (Phi) is 5.02. The number of amidine groups is 1. The van der Waals surface area contributed by atoms with Gasteiger partial charge in [0.2, 0.25) is 0 Å². The highest BCUT2D eigenvalue weighted by atomic mass is 16.5. The van der Waals surface area contributed by atoms with Gasteiger partial charge in [-0.1, -0.05) is 25.1 Å². The number of primary amides is 1. The summed E-state index contributed by atoms with van der Waals surface area (Å²) >= 11 is 0. The van der Waals surface area contributed by atoms with E-state index in [4.69, 9.17) is 16.2 Å². The van der Waals surface area contributed by atoms with Crippen molar-refractivity contribution in [2.24, 2.45) is 21.5 Å². The Morgan fingerprint density at radius 1 is 1.40 bits per heavy atom. The minimum atomic E-state index is -0.484. The number of aryl methyl sites for hydroxylation is 1. The van der Waals surface area contributed by atoms with Gasteiger partial charge in [-0.15, -0.1) is 0 Å². The maximum Gasteiger partial charge on any atom is 0.282 e. The monoisotopic (exact) mass is 341 g/mol. The molecular weight excluding hydrogens is 318 g/mol. The van der Waals surface area contributed by atoms with Crippen molar-refractivity contribution < 1.29 is 9.53 Å². The number of amides is 1. The summed E-state index contributed by atoms with van der Waals surface area (Å²) in [6.45, 7) is 3.00. The van der Waals surface area contributed by atoms with Gasteiger partial charge in [-0.25, -0.2) is 4.99 Å². The summed E-state index contributed by atoms with van der Waals surface area (Å²) in [6, 6.07) is 8.54. The van der Waals surface area contributed by atoms with Crippen molar-refractivity contribution in [2.45, 2.75) is 32.2 Å². The first-order chi connectivity index (χ1) is 12.1. The van der Waals surface area contributed by atoms with Crippen molar-refractivity contribution in [3.63, 3.8) is 0 Å². The molecule has 3 rings (SSSR count). The van der Waals surface area contributed by atoms with E-state index < -0.39 is 5.91 Å². The number of para-hydroxylation sites is 1. The van der Waals surface area contributed by atoms with Crippen LogP contribution in [0.1, 0.15) is 25.3 Å². The van der Waals surface area contributed by atoms with Crippen LogP contribution in [0.15, 0.2) is 46.1 Å². The summed E-state index contributed by atoms with van der Waals surface area (Å²) in [5.74, 6) is -0.484. The van der Waals surface area contributed by atoms with E-state index in [2.05, 4.69) is 33.9 Å². The number of hydrogen-bond acceptors (Lipinski definition) is 6. The highest BCUT2D eigenvalue weighted by molar-refractivity contribution is 6.40. The zero-order chi connectivity index (χ0) is 17.8. The summed E-state index contributed by atoms with van der Waals surface area (Å²) < 4.78 is 5.22. The van der Waals surface area contributed by atoms with E-state index in [-0.39, 0.29) is 12.1 Å². The number of ether oxygens (including phenoxy) is 1. The molecule has 0 saturated carbocycles. The van der Waals surface area contributed by atoms with Crippen molar-refractivity contribution in [1.82, 2.24) is 0 Å². The number of nitrogens with two attached hydrogens (primary N) is 2. The fraction of sp³-hybridized carbons (Fsp3) is 0.389. The van der Waals surface area contributed by atoms with Crippen LogP contribution >= 0.6 is 0 Å². The molecule has 7 heteroatoms. The Morgan fingerprint density at radius 3 is 2.88 bits per heavy atom. The Labute approximate surface area is 147 Å². The molecule has 0 saturated heterocycles. The minimum Gasteiger partial charge on any atom is -0.463 e. The van der Waals surface area contributed by atoms with Crippen LogP contribution in [0.3, 0.4) is 0 Å². The molecule has 1 unspecified atom stereocenters. The molecule has 0 aromatic heterocycles. The molecular formula is C18H23N5O2. The average Bonchev–Trinajstić information content (AvgIpc) is 3.05. The summed E-state index contributed by atoms with van der Waals surface area (Å²) in [7, 11) is 0. The largest absolute Gasteiger partial charge is 0.463 e. The molecule has 0 fully saturated rings. The standard InChI is InChI=1S/C18H23N5O2/c1-2-14-9-21-15(17(19)24)10-23(14)16-6-4-3-5-12(16)7-8-13-11-25-18(20)22-13/h3-6,9,13H,2,7-8,10-11H2,1H3,(H2,19,24)(H2,20,22). The van der Waals surface area contributed by atoms with E-state index in [1.165, 1.54) is 5.56 Å². The molecule has 1 amide bonds. The van der Waals surface area contributed by atoms with Gasteiger partial charge in [0.05, 0.1) is 12.6 Å². The second kappa shape index (κ2) is 7.38. The van der Waals surface area contributed by atoms with Crippen LogP contribution in [0.2, 0.25) is 0 Å². The van der Waals surface area contributed by atoms with Gasteiger partial charge in [-0.3, -0.25) is 9.79 Å². The van der Waals surface area contributed by atoms with Gasteiger partial charge in [0.25, 0.3) is 11.9 Å². The number of allylic oxidation sites excluding steroid dienone is 1. The molecule has 0 bridgehead atoms. The molecule has 1 aromatic carbocycles. The molecule has 4 N–H and O–H groups in total. The molecule has 2 aliphatic heterocycles. The third-order valence-electron chi connectivity index (χ3n) is 4.43. The first-order valence-corrected chi connectivity index (χ1v) is 8.45. The predicted octanol–water partition coefficient (Wildman–Crippen LogP) is 1.33. The van der Waals surface area contributed by atoms with Crippen LogP contribution in [0, 0.1) is 0 Å². The molecule has 2 heterocycles. The maximum absolute atomic E-state index is 11.5. The lowest BCUT2D eigenvalue weighted by molar-refractivity contribution is -0.112. The van der Waals surface area contributed by atoms with E-state index in [9.17, 15) is 4.79 Å². The number of anilines is 1. The van der Waals surface area contributed by atoms with E-state index in [1.54, 1.807) is 6.20 Å². The fourth-order valence-corrected chi connectivity index (χ4v) is 3.07. The first kappa shape index (κ1) is 17.0. The van der Waals surface area contributed by atoms with Gasteiger partial charge in [0, 0.05) is 17.6 Å². The third-order valence-corrected chi connectivity index (χ3v) is 4.43. The van der Waals surface area contributed by atoms with Crippen LogP contribution < -0.4 is 16.4 Å². The van der Waals surface area contributed by atoms with E-state index >= 15 is 0 Å². The van der Waals surface area contributed by atoms with Crippen molar-refractivity contribution in [3.8, 4) is 0 Å². The molecule has 1 aromatic rings. The number of aliphatic imine (C=N–C) groups is 2. The second-order valence-corrected chi connectivity index (χ2v) is 6.10. The fourth-order valence-electron chi connectivity index (χ4n) is 3.07. The van der Waals surface area contributed by atoms with Gasteiger partial charge < -0.3 is 21.1 Å². The lowest BCUT2D eigenvalue weighted by Crippen LogP contribution is -2.38. The number of hydrogen-bond donors (Lipinski definition) is 2. The van der Waals surface area contributed by atoms with Crippen LogP contribution in [-0.2, 0) is 16.0 Å². The van der Waals surface area contributed by atoms with Crippen LogP contribution in [0.25, 0.3) is 0 Å². The molecule has 7 nitrogen and oxygen atoms in total. The van der Waals surface area contributed by atoms with Gasteiger partial charge in [-0.05, 0) is 30.9 Å². The van der Waals surface area contributed by atoms with Crippen molar-refractivity contribution >= 4 is 23.3 Å². The van der Waals surface area contributed by atoms with E-state index in [0.717, 1.165) is 30.6 Å². The molecule has 2 aliphatic rings. The Balaban J connectivity index is 1.81. The predicted molar refractivity (Wildman–Crippen MR) is 98.5 cm³/mol. The number of carbonyl (C=O) groups excluding carboxylic acids is 1. The minimum absolute atomic E-state index is 0.0957. The zero-order valence-electron chi connectivity index (χ0n) is 14.3. The molecule has 25 heavy (non-hydrogen) atoms. The molecule has 1 atom stereocenters. The summed E-state index contributed by atoms with van der Waals surface area (Å²) in [6.07, 6.45) is 4.25. The van der Waals surface area contributed by atoms with Crippen molar-refractivity contribution in [1.29, 1.82) is 0 Å². The first-order valence-electron chi connectivity index (χ1n) is 8.45. The summed E-state index contributed by atoms with van der Waals surface area (Å²) in [5, 5.41) is 0. The third kappa shape index (κ3) is 3.81. The van der Waals surface area contributed by atoms with Crippen LogP contribution in [0.4, 0.5) is 5.69 Å². The molecule has 0 spiro atoms. The van der Waals surface area contributed by atoms with E-state index in [0.29, 0.717) is 18.9 Å². The number of carbonyl (C=O) groups is 1. The molecule has 0 aliphatic carbocycles. The zero-order valence-corrected chi connectivity index (χ0v) is 14.3. The summed E-state index contributed by atoms with van der Waals surface area (Å²) in [5.41, 5.74) is 14.7. The number of benzene rings is 1. The second-order valence-electron chi connectivity index (χ2n) is 6.10. The smallest absolute Gasteiger partial charge is 0.282 e. The lowest BCUT2D eigenvalue weighted by Gasteiger charge is -2.31. The molecule has 132 valence electrons. The van der Waals surface area contributed by atoms with Crippen molar-refractivity contribution in [3.05, 3.63) is 41.7 Å². The molecule has 0 radical (unpaired) electrons. The van der Waals surface area contributed by atoms with Crippen LogP contribution in [-0.4, -0.2) is 36.8 Å². The van der Waals surface area contributed by atoms with Crippen molar-refractivity contribution in [2.75, 3.05) is 18.1 Å². The highest BCUT2D eigenvalue weighted by Crippen LogP contribution is 2.28. The Bertz CT molecular complexity index is 754. The summed E-state index contributed by atoms with van der Waals surface area (Å²) in [4.78, 5) is 22.1. The number of nitrogens with zero attached hydrogens (tertiary/aromatic N) is 3. The highest BCUT2D eigenvalue weighted by Gasteiger charge is 2.23. The average molecular weight is 341 g/mol. The Hall–Kier alpha value is -2.83. The van der Waals surface area contributed by atoms with Crippen LogP contribution in [0.5, 0.6) is 0 Å². The normalized spacial score (nSPS) is 19.8. The quantitative estimate of drug-likeness (QED) is 0.814. The van der Waals surface area contributed by atoms with Gasteiger partial charge >= 0.3 is 0 Å². The number of rotatable bonds is 6. The maximum atomic E-state index is 11.5.